The summed E-state index contributed by atoms with van der Waals surface area (Å²) in [5.41, 5.74) is -0.277. The summed E-state index contributed by atoms with van der Waals surface area (Å²) in [6.45, 7) is 11.4. The van der Waals surface area contributed by atoms with Gasteiger partial charge >= 0.3 is 17.9 Å². The highest BCUT2D eigenvalue weighted by Crippen LogP contribution is 2.37. The van der Waals surface area contributed by atoms with Crippen LogP contribution in [0.1, 0.15) is 79.1 Å². The van der Waals surface area contributed by atoms with Crippen LogP contribution in [0.2, 0.25) is 0 Å². The molecule has 0 amide bonds. The molecule has 0 bridgehead atoms. The van der Waals surface area contributed by atoms with Crippen molar-refractivity contribution in [2.75, 3.05) is 13.2 Å². The van der Waals surface area contributed by atoms with Crippen LogP contribution in [0.4, 0.5) is 0 Å². The van der Waals surface area contributed by atoms with Crippen molar-refractivity contribution in [3.63, 3.8) is 0 Å². The average Bonchev–Trinajstić information content (AvgIpc) is 2.63. The molecule has 0 aromatic rings. The molecule has 0 saturated heterocycles. The Labute approximate surface area is 162 Å². The molecule has 1 rings (SSSR count). The van der Waals surface area contributed by atoms with Crippen molar-refractivity contribution >= 4 is 17.9 Å². The van der Waals surface area contributed by atoms with Gasteiger partial charge < -0.3 is 14.2 Å². The summed E-state index contributed by atoms with van der Waals surface area (Å²) < 4.78 is 15.8. The Bertz CT molecular complexity index is 543. The van der Waals surface area contributed by atoms with Crippen molar-refractivity contribution in [3.8, 4) is 0 Å². The largest absolute Gasteiger partial charge is 0.462 e. The predicted octanol–water partition coefficient (Wildman–Crippen LogP) is 4.11. The van der Waals surface area contributed by atoms with Gasteiger partial charge in [-0.3, -0.25) is 14.4 Å². The third kappa shape index (κ3) is 7.35. The number of carbonyl (C=O) groups is 3. The molecule has 0 heterocycles. The van der Waals surface area contributed by atoms with Crippen LogP contribution in [0.3, 0.4) is 0 Å². The van der Waals surface area contributed by atoms with Gasteiger partial charge in [0.05, 0.1) is 18.3 Å². The van der Waals surface area contributed by atoms with Gasteiger partial charge in [-0.05, 0) is 58.4 Å². The molecule has 1 fully saturated rings. The monoisotopic (exact) mass is 382 g/mol. The molecule has 0 aromatic carbocycles. The smallest absolute Gasteiger partial charge is 0.311 e. The number of carbonyl (C=O) groups excluding carboxylic acids is 3. The molecule has 0 spiro atoms. The van der Waals surface area contributed by atoms with Gasteiger partial charge in [0, 0.05) is 0 Å². The fourth-order valence-corrected chi connectivity index (χ4v) is 2.91. The fourth-order valence-electron chi connectivity index (χ4n) is 2.91. The molecule has 27 heavy (non-hydrogen) atoms. The fraction of sp³-hybridized carbons (Fsp3) is 0.762. The lowest BCUT2D eigenvalue weighted by Crippen LogP contribution is -2.38. The molecule has 0 atom stereocenters. The van der Waals surface area contributed by atoms with Gasteiger partial charge in [0.2, 0.25) is 0 Å². The molecular formula is C21H34O6. The second-order valence-electron chi connectivity index (χ2n) is 7.90. The Kier molecular flexibility index (Phi) is 9.00. The Balaban J connectivity index is 2.28. The third-order valence-electron chi connectivity index (χ3n) is 5.30. The lowest BCUT2D eigenvalue weighted by atomic mass is 9.80. The van der Waals surface area contributed by atoms with Gasteiger partial charge in [0.15, 0.2) is 0 Å². The summed E-state index contributed by atoms with van der Waals surface area (Å²) in [4.78, 5) is 35.7. The van der Waals surface area contributed by atoms with E-state index in [2.05, 4.69) is 6.58 Å². The van der Waals surface area contributed by atoms with E-state index in [1.54, 1.807) is 13.8 Å². The third-order valence-corrected chi connectivity index (χ3v) is 5.30. The maximum absolute atomic E-state index is 12.1. The summed E-state index contributed by atoms with van der Waals surface area (Å²) in [5.74, 6) is -1.24. The van der Waals surface area contributed by atoms with Crippen LogP contribution in [0.25, 0.3) is 0 Å². The topological polar surface area (TPSA) is 78.9 Å². The van der Waals surface area contributed by atoms with E-state index >= 15 is 0 Å². The standard InChI is InChI=1S/C21H34O6/c1-6-20(4,5)19(24)26-15-14-25-17(22)10-11-18(23)27-21(16(2)3)12-8-7-9-13-21/h2,6-15H2,1,3-5H3. The summed E-state index contributed by atoms with van der Waals surface area (Å²) in [6, 6.07) is 0. The molecule has 0 unspecified atom stereocenters. The van der Waals surface area contributed by atoms with Crippen molar-refractivity contribution in [1.29, 1.82) is 0 Å². The molecule has 1 saturated carbocycles. The van der Waals surface area contributed by atoms with Crippen molar-refractivity contribution in [2.24, 2.45) is 5.41 Å². The first kappa shape index (κ1) is 23.2. The number of ether oxygens (including phenoxy) is 3. The molecule has 0 aliphatic heterocycles. The molecule has 0 radical (unpaired) electrons. The van der Waals surface area contributed by atoms with Crippen molar-refractivity contribution < 1.29 is 28.6 Å². The molecule has 6 nitrogen and oxygen atoms in total. The normalized spacial score (nSPS) is 16.3. The summed E-state index contributed by atoms with van der Waals surface area (Å²) >= 11 is 0. The van der Waals surface area contributed by atoms with Crippen LogP contribution >= 0.6 is 0 Å². The predicted molar refractivity (Wildman–Crippen MR) is 102 cm³/mol. The Hall–Kier alpha value is -1.85. The number of esters is 3. The zero-order valence-corrected chi connectivity index (χ0v) is 17.2. The molecule has 1 aliphatic rings. The van der Waals surface area contributed by atoms with Gasteiger partial charge in [-0.25, -0.2) is 0 Å². The molecule has 6 heteroatoms. The van der Waals surface area contributed by atoms with E-state index in [9.17, 15) is 14.4 Å². The SMILES string of the molecule is C=C(C)C1(OC(=O)CCC(=O)OCCOC(=O)C(C)(C)CC)CCCCC1. The summed E-state index contributed by atoms with van der Waals surface area (Å²) in [6.07, 6.45) is 5.32. The van der Waals surface area contributed by atoms with Crippen molar-refractivity contribution in [1.82, 2.24) is 0 Å². The van der Waals surface area contributed by atoms with E-state index in [1.807, 2.05) is 13.8 Å². The molecule has 0 aromatic heterocycles. The minimum absolute atomic E-state index is 0.0111. The van der Waals surface area contributed by atoms with E-state index < -0.39 is 23.0 Å². The minimum atomic E-state index is -0.584. The van der Waals surface area contributed by atoms with Crippen LogP contribution in [0.15, 0.2) is 12.2 Å². The Morgan fingerprint density at radius 2 is 1.52 bits per heavy atom. The number of hydrogen-bond donors (Lipinski definition) is 0. The maximum atomic E-state index is 12.1. The number of hydrogen-bond acceptors (Lipinski definition) is 6. The van der Waals surface area contributed by atoms with Crippen LogP contribution in [-0.2, 0) is 28.6 Å². The lowest BCUT2D eigenvalue weighted by Gasteiger charge is -2.37. The number of rotatable bonds is 10. The summed E-state index contributed by atoms with van der Waals surface area (Å²) in [7, 11) is 0. The Morgan fingerprint density at radius 1 is 0.963 bits per heavy atom. The highest BCUT2D eigenvalue weighted by atomic mass is 16.6. The average molecular weight is 382 g/mol. The lowest BCUT2D eigenvalue weighted by molar-refractivity contribution is -0.162. The molecule has 0 N–H and O–H groups in total. The molecule has 1 aliphatic carbocycles. The second-order valence-corrected chi connectivity index (χ2v) is 7.90. The second kappa shape index (κ2) is 10.5. The van der Waals surface area contributed by atoms with Crippen LogP contribution in [0.5, 0.6) is 0 Å². The van der Waals surface area contributed by atoms with E-state index in [0.717, 1.165) is 37.7 Å². The zero-order chi connectivity index (χ0) is 20.5. The van der Waals surface area contributed by atoms with E-state index in [0.29, 0.717) is 6.42 Å². The highest BCUT2D eigenvalue weighted by Gasteiger charge is 2.36. The first-order valence-electron chi connectivity index (χ1n) is 9.83. The van der Waals surface area contributed by atoms with Crippen LogP contribution < -0.4 is 0 Å². The van der Waals surface area contributed by atoms with Crippen LogP contribution in [0, 0.1) is 5.41 Å². The quantitative estimate of drug-likeness (QED) is 0.245. The van der Waals surface area contributed by atoms with Gasteiger partial charge in [0.1, 0.15) is 18.8 Å². The van der Waals surface area contributed by atoms with Gasteiger partial charge in [-0.1, -0.05) is 19.9 Å². The first-order valence-corrected chi connectivity index (χ1v) is 9.83. The van der Waals surface area contributed by atoms with Crippen molar-refractivity contribution in [2.45, 2.75) is 84.7 Å². The van der Waals surface area contributed by atoms with Crippen LogP contribution in [-0.4, -0.2) is 36.7 Å². The van der Waals surface area contributed by atoms with E-state index in [-0.39, 0.29) is 32.0 Å². The molecular weight excluding hydrogens is 348 g/mol. The Morgan fingerprint density at radius 3 is 2.07 bits per heavy atom. The van der Waals surface area contributed by atoms with Crippen molar-refractivity contribution in [3.05, 3.63) is 12.2 Å². The molecule has 154 valence electrons. The van der Waals surface area contributed by atoms with E-state index in [1.165, 1.54) is 0 Å². The first-order chi connectivity index (χ1) is 12.6. The minimum Gasteiger partial charge on any atom is -0.462 e. The van der Waals surface area contributed by atoms with Gasteiger partial charge in [0.25, 0.3) is 0 Å². The highest BCUT2D eigenvalue weighted by molar-refractivity contribution is 5.78. The van der Waals surface area contributed by atoms with E-state index in [4.69, 9.17) is 14.2 Å². The van der Waals surface area contributed by atoms with Gasteiger partial charge in [-0.2, -0.15) is 0 Å². The van der Waals surface area contributed by atoms with Gasteiger partial charge in [-0.15, -0.1) is 0 Å². The zero-order valence-electron chi connectivity index (χ0n) is 17.2. The maximum Gasteiger partial charge on any atom is 0.311 e. The summed E-state index contributed by atoms with van der Waals surface area (Å²) in [5, 5.41) is 0.